The largest absolute Gasteiger partial charge is 0.493 e. The van der Waals surface area contributed by atoms with Crippen molar-refractivity contribution in [2.24, 2.45) is 0 Å². The zero-order chi connectivity index (χ0) is 23.3. The molecule has 0 radical (unpaired) electrons. The second kappa shape index (κ2) is 10.2. The molecule has 11 heteroatoms. The van der Waals surface area contributed by atoms with Crippen LogP contribution in [0, 0.1) is 10.1 Å². The summed E-state index contributed by atoms with van der Waals surface area (Å²) in [6.45, 7) is 1.37. The third kappa shape index (κ3) is 5.20. The van der Waals surface area contributed by atoms with Crippen LogP contribution in [-0.2, 0) is 9.53 Å². The van der Waals surface area contributed by atoms with E-state index in [1.807, 2.05) is 4.90 Å². The van der Waals surface area contributed by atoms with Gasteiger partial charge in [0.1, 0.15) is 5.69 Å². The summed E-state index contributed by atoms with van der Waals surface area (Å²) in [5.74, 6) is -0.108. The van der Waals surface area contributed by atoms with Crippen molar-refractivity contribution in [3.05, 3.63) is 57.1 Å². The fraction of sp³-hybridized carbons (Fsp3) is 0.333. The molecule has 2 aromatic carbocycles. The molecule has 1 aliphatic rings. The molecule has 1 fully saturated rings. The normalized spacial score (nSPS) is 13.5. The molecule has 0 atom stereocenters. The zero-order valence-corrected chi connectivity index (χ0v) is 18.3. The first-order valence-corrected chi connectivity index (χ1v) is 10.1. The number of nitrogens with zero attached hydrogens (tertiary/aromatic N) is 3. The van der Waals surface area contributed by atoms with Crippen LogP contribution in [0.3, 0.4) is 0 Å². The van der Waals surface area contributed by atoms with E-state index in [1.165, 1.54) is 20.3 Å². The number of hydrogen-bond donors (Lipinski definition) is 0. The summed E-state index contributed by atoms with van der Waals surface area (Å²) < 4.78 is 15.2. The number of nitro benzene ring substituents is 1. The van der Waals surface area contributed by atoms with E-state index in [2.05, 4.69) is 4.74 Å². The average molecular weight is 464 g/mol. The highest BCUT2D eigenvalue weighted by molar-refractivity contribution is 6.30. The number of hydrogen-bond acceptors (Lipinski definition) is 8. The van der Waals surface area contributed by atoms with Gasteiger partial charge in [-0.25, -0.2) is 4.79 Å². The summed E-state index contributed by atoms with van der Waals surface area (Å²) in [5, 5.41) is 11.7. The van der Waals surface area contributed by atoms with Crippen LogP contribution in [0.15, 0.2) is 36.4 Å². The molecule has 1 heterocycles. The molecule has 0 N–H and O–H groups in total. The van der Waals surface area contributed by atoms with E-state index in [0.29, 0.717) is 54.0 Å². The highest BCUT2D eigenvalue weighted by Gasteiger charge is 2.27. The molecule has 10 nitrogen and oxygen atoms in total. The fourth-order valence-corrected chi connectivity index (χ4v) is 3.53. The summed E-state index contributed by atoms with van der Waals surface area (Å²) in [6.07, 6.45) is 0. The molecule has 0 aliphatic carbocycles. The van der Waals surface area contributed by atoms with Crippen LogP contribution in [0.4, 0.5) is 11.4 Å². The van der Waals surface area contributed by atoms with E-state index < -0.39 is 10.9 Å². The minimum absolute atomic E-state index is 0.0652. The molecule has 0 bridgehead atoms. The van der Waals surface area contributed by atoms with Crippen molar-refractivity contribution >= 4 is 34.9 Å². The lowest BCUT2D eigenvalue weighted by Crippen LogP contribution is -2.49. The first kappa shape index (κ1) is 23.1. The van der Waals surface area contributed by atoms with Crippen LogP contribution >= 0.6 is 11.6 Å². The molecular weight excluding hydrogens is 442 g/mol. The Kier molecular flexibility index (Phi) is 7.37. The smallest absolute Gasteiger partial charge is 0.343 e. The molecule has 32 heavy (non-hydrogen) atoms. The van der Waals surface area contributed by atoms with E-state index in [4.69, 9.17) is 21.1 Å². The lowest BCUT2D eigenvalue weighted by molar-refractivity contribution is -0.384. The van der Waals surface area contributed by atoms with Crippen molar-refractivity contribution in [3.8, 4) is 11.5 Å². The predicted octanol–water partition coefficient (Wildman–Crippen LogP) is 2.77. The predicted molar refractivity (Wildman–Crippen MR) is 117 cm³/mol. The Morgan fingerprint density at radius 1 is 1.06 bits per heavy atom. The van der Waals surface area contributed by atoms with Crippen molar-refractivity contribution < 1.29 is 28.7 Å². The quantitative estimate of drug-likeness (QED) is 0.350. The maximum absolute atomic E-state index is 13.0. The number of benzene rings is 2. The maximum atomic E-state index is 13.0. The molecule has 3 rings (SSSR count). The van der Waals surface area contributed by atoms with Crippen LogP contribution in [0.1, 0.15) is 10.4 Å². The first-order chi connectivity index (χ1) is 15.3. The number of nitro groups is 1. The Morgan fingerprint density at radius 2 is 1.78 bits per heavy atom. The third-order valence-electron chi connectivity index (χ3n) is 5.03. The van der Waals surface area contributed by atoms with Crippen molar-refractivity contribution in [1.29, 1.82) is 0 Å². The van der Waals surface area contributed by atoms with Crippen LogP contribution in [-0.4, -0.2) is 68.7 Å². The number of anilines is 1. The molecule has 0 spiro atoms. The fourth-order valence-electron chi connectivity index (χ4n) is 3.36. The van der Waals surface area contributed by atoms with E-state index in [0.717, 1.165) is 0 Å². The number of rotatable bonds is 7. The van der Waals surface area contributed by atoms with Gasteiger partial charge in [0, 0.05) is 42.8 Å². The van der Waals surface area contributed by atoms with Crippen molar-refractivity contribution in [1.82, 2.24) is 4.90 Å². The highest BCUT2D eigenvalue weighted by atomic mass is 35.5. The summed E-state index contributed by atoms with van der Waals surface area (Å²) in [4.78, 5) is 38.7. The highest BCUT2D eigenvalue weighted by Crippen LogP contribution is 2.32. The molecule has 1 amide bonds. The molecule has 0 unspecified atom stereocenters. The lowest BCUT2D eigenvalue weighted by atomic mass is 10.1. The number of halogens is 1. The molecule has 0 saturated carbocycles. The van der Waals surface area contributed by atoms with Crippen LogP contribution < -0.4 is 14.4 Å². The van der Waals surface area contributed by atoms with Gasteiger partial charge in [-0.15, -0.1) is 0 Å². The standard InChI is InChI=1S/C21H22ClN3O7/c1-30-19-11-14(3-6-18(19)32-13-20(26)31-2)21(27)24-9-7-23(8-10-24)16-5-4-15(22)12-17(16)25(28)29/h3-6,11-12H,7-10,13H2,1-2H3. The first-order valence-electron chi connectivity index (χ1n) is 9.70. The third-order valence-corrected chi connectivity index (χ3v) is 5.26. The van der Waals surface area contributed by atoms with Gasteiger partial charge in [-0.2, -0.15) is 0 Å². The molecule has 170 valence electrons. The zero-order valence-electron chi connectivity index (χ0n) is 17.6. The van der Waals surface area contributed by atoms with Crippen LogP contribution in [0.2, 0.25) is 5.02 Å². The monoisotopic (exact) mass is 463 g/mol. The van der Waals surface area contributed by atoms with Crippen molar-refractivity contribution in [2.75, 3.05) is 51.9 Å². The summed E-state index contributed by atoms with van der Waals surface area (Å²) in [6, 6.07) is 9.25. The van der Waals surface area contributed by atoms with Gasteiger partial charge in [0.15, 0.2) is 18.1 Å². The Hall–Kier alpha value is -3.53. The molecule has 2 aromatic rings. The number of amides is 1. The topological polar surface area (TPSA) is 111 Å². The van der Waals surface area contributed by atoms with Crippen molar-refractivity contribution in [3.63, 3.8) is 0 Å². The van der Waals surface area contributed by atoms with E-state index >= 15 is 0 Å². The number of ether oxygens (including phenoxy) is 3. The summed E-state index contributed by atoms with van der Waals surface area (Å²) in [5.41, 5.74) is 0.808. The van der Waals surface area contributed by atoms with Gasteiger partial charge in [-0.1, -0.05) is 11.6 Å². The number of piperazine rings is 1. The Labute approximate surface area is 189 Å². The summed E-state index contributed by atoms with van der Waals surface area (Å²) in [7, 11) is 2.70. The van der Waals surface area contributed by atoms with E-state index in [9.17, 15) is 19.7 Å². The number of esters is 1. The lowest BCUT2D eigenvalue weighted by Gasteiger charge is -2.36. The van der Waals surface area contributed by atoms with Crippen LogP contribution in [0.5, 0.6) is 11.5 Å². The van der Waals surface area contributed by atoms with Gasteiger partial charge in [0.25, 0.3) is 11.6 Å². The van der Waals surface area contributed by atoms with Gasteiger partial charge in [-0.3, -0.25) is 14.9 Å². The van der Waals surface area contributed by atoms with Gasteiger partial charge in [0.05, 0.1) is 19.1 Å². The Bertz CT molecular complexity index is 1020. The summed E-state index contributed by atoms with van der Waals surface area (Å²) >= 11 is 5.89. The minimum atomic E-state index is -0.536. The van der Waals surface area contributed by atoms with Gasteiger partial charge < -0.3 is 24.0 Å². The van der Waals surface area contributed by atoms with Gasteiger partial charge >= 0.3 is 5.97 Å². The second-order valence-corrected chi connectivity index (χ2v) is 7.34. The Morgan fingerprint density at radius 3 is 2.41 bits per heavy atom. The van der Waals surface area contributed by atoms with E-state index in [1.54, 1.807) is 35.2 Å². The SMILES string of the molecule is COC(=O)COc1ccc(C(=O)N2CCN(c3ccc(Cl)cc3[N+](=O)[O-])CC2)cc1OC. The number of carbonyl (C=O) groups is 2. The average Bonchev–Trinajstić information content (AvgIpc) is 2.81. The van der Waals surface area contributed by atoms with E-state index in [-0.39, 0.29) is 18.2 Å². The van der Waals surface area contributed by atoms with Gasteiger partial charge in [0.2, 0.25) is 0 Å². The van der Waals surface area contributed by atoms with Crippen LogP contribution in [0.25, 0.3) is 0 Å². The number of methoxy groups -OCH3 is 2. The maximum Gasteiger partial charge on any atom is 0.343 e. The molecular formula is C21H22ClN3O7. The molecule has 1 aliphatic heterocycles. The van der Waals surface area contributed by atoms with Gasteiger partial charge in [-0.05, 0) is 30.3 Å². The molecule has 0 aromatic heterocycles. The van der Waals surface area contributed by atoms with Crippen molar-refractivity contribution in [2.45, 2.75) is 0 Å². The Balaban J connectivity index is 1.68. The second-order valence-electron chi connectivity index (χ2n) is 6.90. The molecule has 1 saturated heterocycles. The minimum Gasteiger partial charge on any atom is -0.493 e. The number of carbonyl (C=O) groups excluding carboxylic acids is 2.